The van der Waals surface area contributed by atoms with E-state index >= 15 is 0 Å². The first kappa shape index (κ1) is 17.4. The molecule has 0 radical (unpaired) electrons. The number of carboxylic acids is 1. The second kappa shape index (κ2) is 9.28. The quantitative estimate of drug-likeness (QED) is 0.506. The van der Waals surface area contributed by atoms with Gasteiger partial charge in [-0.1, -0.05) is 0 Å². The van der Waals surface area contributed by atoms with Gasteiger partial charge in [0.15, 0.2) is 0 Å². The van der Waals surface area contributed by atoms with Gasteiger partial charge in [0, 0.05) is 21.1 Å². The summed E-state index contributed by atoms with van der Waals surface area (Å²) < 4.78 is 0. The molecular formula is C9H20N2O3Pt. The van der Waals surface area contributed by atoms with Gasteiger partial charge in [0.25, 0.3) is 0 Å². The fraction of sp³-hybridized carbons (Fsp3) is 0.889. The van der Waals surface area contributed by atoms with Crippen molar-refractivity contribution in [2.45, 2.75) is 25.9 Å². The van der Waals surface area contributed by atoms with Gasteiger partial charge in [-0.15, -0.1) is 0 Å². The second-order valence-corrected chi connectivity index (χ2v) is 3.58. The minimum Gasteiger partial charge on any atom is -0.479 e. The molecule has 0 aromatic rings. The van der Waals surface area contributed by atoms with E-state index in [2.05, 4.69) is 0 Å². The summed E-state index contributed by atoms with van der Waals surface area (Å²) in [4.78, 5) is 9.45. The van der Waals surface area contributed by atoms with Gasteiger partial charge >= 0.3 is 5.97 Å². The number of aliphatic carboxylic acids is 1. The third-order valence-electron chi connectivity index (χ3n) is 2.54. The molecule has 15 heavy (non-hydrogen) atoms. The third kappa shape index (κ3) is 7.01. The van der Waals surface area contributed by atoms with Gasteiger partial charge in [-0.3, -0.25) is 0 Å². The van der Waals surface area contributed by atoms with Crippen LogP contribution >= 0.6 is 0 Å². The third-order valence-corrected chi connectivity index (χ3v) is 2.54. The number of carboxylic acid groups (broad SMARTS) is 1. The Labute approximate surface area is 104 Å². The summed E-state index contributed by atoms with van der Waals surface area (Å²) in [6.07, 6.45) is 1.38. The maximum Gasteiger partial charge on any atom is 0.332 e. The molecule has 0 aliphatic heterocycles. The topological polar surface area (TPSA) is 110 Å². The summed E-state index contributed by atoms with van der Waals surface area (Å²) in [6, 6.07) is 0. The molecule has 94 valence electrons. The molecule has 1 rings (SSSR count). The molecule has 6 heteroatoms. The number of rotatable bonds is 3. The monoisotopic (exact) mass is 399 g/mol. The first-order valence-corrected chi connectivity index (χ1v) is 4.83. The number of hydrogen-bond donors (Lipinski definition) is 4. The van der Waals surface area contributed by atoms with E-state index in [9.17, 15) is 4.79 Å². The van der Waals surface area contributed by atoms with Gasteiger partial charge < -0.3 is 21.7 Å². The van der Waals surface area contributed by atoms with Gasteiger partial charge in [0.1, 0.15) is 6.10 Å². The molecule has 1 saturated carbocycles. The molecule has 0 amide bonds. The van der Waals surface area contributed by atoms with E-state index in [1.807, 2.05) is 0 Å². The molecule has 3 atom stereocenters. The zero-order chi connectivity index (χ0) is 11.1. The average Bonchev–Trinajstić information content (AvgIpc) is 2.05. The van der Waals surface area contributed by atoms with Crippen LogP contribution in [0.2, 0.25) is 0 Å². The van der Waals surface area contributed by atoms with Gasteiger partial charge in [0.05, 0.1) is 0 Å². The molecule has 1 aliphatic carbocycles. The Balaban J connectivity index is 0. The number of nitrogens with two attached hydrogens (primary N) is 2. The van der Waals surface area contributed by atoms with Crippen molar-refractivity contribution in [3.05, 3.63) is 0 Å². The Bertz CT molecular complexity index is 165. The van der Waals surface area contributed by atoms with Crippen LogP contribution in [0, 0.1) is 11.8 Å². The molecule has 5 nitrogen and oxygen atoms in total. The van der Waals surface area contributed by atoms with Gasteiger partial charge in [-0.2, -0.15) is 0 Å². The largest absolute Gasteiger partial charge is 0.479 e. The summed E-state index contributed by atoms with van der Waals surface area (Å²) in [5, 5.41) is 15.8. The molecule has 0 spiro atoms. The Morgan fingerprint density at radius 2 is 1.60 bits per heavy atom. The number of hydrogen-bond acceptors (Lipinski definition) is 4. The van der Waals surface area contributed by atoms with Crippen molar-refractivity contribution in [3.8, 4) is 0 Å². The van der Waals surface area contributed by atoms with Crippen molar-refractivity contribution in [1.82, 2.24) is 0 Å². The van der Waals surface area contributed by atoms with Crippen LogP contribution in [0.1, 0.15) is 19.8 Å². The van der Waals surface area contributed by atoms with Crippen LogP contribution < -0.4 is 11.5 Å². The van der Waals surface area contributed by atoms with Crippen molar-refractivity contribution in [1.29, 1.82) is 0 Å². The predicted molar refractivity (Wildman–Crippen MR) is 53.6 cm³/mol. The molecular weight excluding hydrogens is 379 g/mol. The van der Waals surface area contributed by atoms with Crippen LogP contribution in [-0.4, -0.2) is 35.4 Å². The second-order valence-electron chi connectivity index (χ2n) is 3.58. The molecule has 1 aliphatic rings. The maximum absolute atomic E-state index is 9.45. The summed E-state index contributed by atoms with van der Waals surface area (Å²) in [5.41, 5.74) is 10.9. The average molecular weight is 399 g/mol. The van der Waals surface area contributed by atoms with Crippen molar-refractivity contribution in [3.63, 3.8) is 0 Å². The van der Waals surface area contributed by atoms with Crippen LogP contribution in [0.25, 0.3) is 0 Å². The normalized spacial score (nSPS) is 25.1. The molecule has 6 N–H and O–H groups in total. The van der Waals surface area contributed by atoms with E-state index in [1.165, 1.54) is 19.8 Å². The Hall–Kier alpha value is 0.0383. The smallest absolute Gasteiger partial charge is 0.332 e. The summed E-state index contributed by atoms with van der Waals surface area (Å²) in [7, 11) is 0. The van der Waals surface area contributed by atoms with Crippen LogP contribution in [0.15, 0.2) is 0 Å². The van der Waals surface area contributed by atoms with E-state index in [-0.39, 0.29) is 21.1 Å². The predicted octanol–water partition coefficient (Wildman–Crippen LogP) is -0.621. The minimum atomic E-state index is -1.23. The molecule has 0 aromatic carbocycles. The van der Waals surface area contributed by atoms with E-state index < -0.39 is 12.1 Å². The van der Waals surface area contributed by atoms with Crippen LogP contribution in [0.3, 0.4) is 0 Å². The van der Waals surface area contributed by atoms with Crippen LogP contribution in [-0.2, 0) is 25.9 Å². The van der Waals surface area contributed by atoms with Crippen molar-refractivity contribution in [2.75, 3.05) is 13.1 Å². The van der Waals surface area contributed by atoms with E-state index in [0.29, 0.717) is 0 Å². The van der Waals surface area contributed by atoms with E-state index in [0.717, 1.165) is 24.9 Å². The molecule has 0 saturated heterocycles. The molecule has 0 heterocycles. The zero-order valence-electron chi connectivity index (χ0n) is 8.83. The minimum absolute atomic E-state index is 0. The van der Waals surface area contributed by atoms with Gasteiger partial charge in [-0.05, 0) is 44.7 Å². The van der Waals surface area contributed by atoms with Crippen molar-refractivity contribution >= 4 is 5.97 Å². The first-order chi connectivity index (χ1) is 6.52. The maximum atomic E-state index is 9.45. The summed E-state index contributed by atoms with van der Waals surface area (Å²) >= 11 is 0. The summed E-state index contributed by atoms with van der Waals surface area (Å²) in [6.45, 7) is 2.87. The SMILES string of the molecule is C[C@H](O)C(=O)O.NC[C@@H]1CC[C@H]1CN.[Pt]. The standard InChI is InChI=1S/C6H14N2.C3H6O3.Pt/c7-3-5-1-2-6(5)4-8;1-2(4)3(5)6;/h5-6H,1-4,7-8H2;2,4H,1H3,(H,5,6);/t5-,6-;2-;/m00./s1. The Kier molecular flexibility index (Phi) is 10.8. The van der Waals surface area contributed by atoms with Crippen molar-refractivity contribution < 1.29 is 36.1 Å². The molecule has 0 bridgehead atoms. The van der Waals surface area contributed by atoms with Crippen molar-refractivity contribution in [2.24, 2.45) is 23.3 Å². The van der Waals surface area contributed by atoms with E-state index in [1.54, 1.807) is 0 Å². The fourth-order valence-corrected chi connectivity index (χ4v) is 1.26. The first-order valence-electron chi connectivity index (χ1n) is 4.83. The molecule has 0 aromatic heterocycles. The number of aliphatic hydroxyl groups excluding tert-OH is 1. The Morgan fingerprint density at radius 1 is 1.33 bits per heavy atom. The number of aliphatic hydroxyl groups is 1. The van der Waals surface area contributed by atoms with Gasteiger partial charge in [0.2, 0.25) is 0 Å². The van der Waals surface area contributed by atoms with Crippen LogP contribution in [0.5, 0.6) is 0 Å². The van der Waals surface area contributed by atoms with Gasteiger partial charge in [-0.25, -0.2) is 4.79 Å². The number of carbonyl (C=O) groups is 1. The fourth-order valence-electron chi connectivity index (χ4n) is 1.26. The van der Waals surface area contributed by atoms with Crippen LogP contribution in [0.4, 0.5) is 0 Å². The molecule has 1 fully saturated rings. The Morgan fingerprint density at radius 3 is 1.67 bits per heavy atom. The molecule has 0 unspecified atom stereocenters. The van der Waals surface area contributed by atoms with E-state index in [4.69, 9.17) is 21.7 Å². The zero-order valence-corrected chi connectivity index (χ0v) is 11.1. The summed E-state index contributed by atoms with van der Waals surface area (Å²) in [5.74, 6) is 0.315.